The van der Waals surface area contributed by atoms with Crippen molar-refractivity contribution in [2.75, 3.05) is 0 Å². The molecule has 0 nitrogen and oxygen atoms in total. The van der Waals surface area contributed by atoms with Crippen LogP contribution in [0.25, 0.3) is 0 Å². The molecule has 0 aromatic heterocycles. The highest BCUT2D eigenvalue weighted by molar-refractivity contribution is 5.19. The van der Waals surface area contributed by atoms with Crippen molar-refractivity contribution in [3.63, 3.8) is 0 Å². The van der Waals surface area contributed by atoms with Gasteiger partial charge in [0, 0.05) is 0 Å². The van der Waals surface area contributed by atoms with Crippen molar-refractivity contribution in [1.29, 1.82) is 0 Å². The summed E-state index contributed by atoms with van der Waals surface area (Å²) in [5, 5.41) is 0. The molecule has 0 aromatic rings. The Labute approximate surface area is 58.3 Å². The monoisotopic (exact) mass is 124 g/mol. The van der Waals surface area contributed by atoms with Crippen molar-refractivity contribution in [2.45, 2.75) is 27.7 Å². The molecule has 0 fully saturated rings. The molecule has 0 atom stereocenters. The Bertz CT molecular complexity index is 121. The third-order valence-corrected chi connectivity index (χ3v) is 1.33. The van der Waals surface area contributed by atoms with Crippen LogP contribution in [0.2, 0.25) is 0 Å². The lowest BCUT2D eigenvalue weighted by Crippen LogP contribution is -2.05. The van der Waals surface area contributed by atoms with E-state index in [1.807, 2.05) is 13.0 Å². The van der Waals surface area contributed by atoms with Crippen molar-refractivity contribution in [3.8, 4) is 0 Å². The van der Waals surface area contributed by atoms with E-state index in [1.165, 1.54) is 5.57 Å². The summed E-state index contributed by atoms with van der Waals surface area (Å²) < 4.78 is 0. The minimum absolute atomic E-state index is 0.229. The van der Waals surface area contributed by atoms with Crippen molar-refractivity contribution < 1.29 is 0 Å². The van der Waals surface area contributed by atoms with Crippen LogP contribution in [0.5, 0.6) is 0 Å². The van der Waals surface area contributed by atoms with E-state index in [0.29, 0.717) is 0 Å². The van der Waals surface area contributed by atoms with Crippen LogP contribution in [0.1, 0.15) is 27.7 Å². The summed E-state index contributed by atoms with van der Waals surface area (Å²) in [4.78, 5) is 0. The van der Waals surface area contributed by atoms with Crippen LogP contribution >= 0.6 is 0 Å². The maximum atomic E-state index is 3.93. The summed E-state index contributed by atoms with van der Waals surface area (Å²) in [5.41, 5.74) is 1.41. The van der Waals surface area contributed by atoms with E-state index in [1.54, 1.807) is 0 Å². The van der Waals surface area contributed by atoms with Gasteiger partial charge in [-0.3, -0.25) is 0 Å². The van der Waals surface area contributed by atoms with Crippen LogP contribution in [0, 0.1) is 5.41 Å². The van der Waals surface area contributed by atoms with Crippen LogP contribution < -0.4 is 0 Å². The van der Waals surface area contributed by atoms with Gasteiger partial charge in [0.2, 0.25) is 0 Å². The second kappa shape index (κ2) is 2.86. The van der Waals surface area contributed by atoms with Gasteiger partial charge < -0.3 is 0 Å². The molecule has 0 aliphatic heterocycles. The van der Waals surface area contributed by atoms with Gasteiger partial charge in [0.1, 0.15) is 0 Å². The molecule has 0 rings (SSSR count). The van der Waals surface area contributed by atoms with Gasteiger partial charge in [-0.2, -0.15) is 0 Å². The van der Waals surface area contributed by atoms with Crippen LogP contribution in [0.3, 0.4) is 0 Å². The molecule has 0 radical (unpaired) electrons. The molecule has 0 amide bonds. The van der Waals surface area contributed by atoms with E-state index in [9.17, 15) is 0 Å². The first-order valence-electron chi connectivity index (χ1n) is 3.30. The fourth-order valence-electron chi connectivity index (χ4n) is 0.451. The fourth-order valence-corrected chi connectivity index (χ4v) is 0.451. The summed E-state index contributed by atoms with van der Waals surface area (Å²) in [5.74, 6) is 0. The van der Waals surface area contributed by atoms with E-state index >= 15 is 0 Å². The lowest BCUT2D eigenvalue weighted by Gasteiger charge is -2.18. The molecule has 52 valence electrons. The lowest BCUT2D eigenvalue weighted by molar-refractivity contribution is 0.519. The third kappa shape index (κ3) is 3.12. The quantitative estimate of drug-likeness (QED) is 0.471. The minimum atomic E-state index is 0.229. The SMILES string of the molecule is C=C(/C=C\C)C(C)(C)C. The predicted molar refractivity (Wildman–Crippen MR) is 43.4 cm³/mol. The molecule has 0 saturated carbocycles. The Morgan fingerprint density at radius 3 is 1.89 bits per heavy atom. The Balaban J connectivity index is 4.06. The number of hydrogen-bond acceptors (Lipinski definition) is 0. The average molecular weight is 124 g/mol. The molecular formula is C9H16. The first kappa shape index (κ1) is 8.48. The normalized spacial score (nSPS) is 12.4. The van der Waals surface area contributed by atoms with Gasteiger partial charge in [-0.15, -0.1) is 0 Å². The second-order valence-electron chi connectivity index (χ2n) is 3.28. The van der Waals surface area contributed by atoms with E-state index in [0.717, 1.165) is 0 Å². The summed E-state index contributed by atoms with van der Waals surface area (Å²) in [6, 6.07) is 0. The standard InChI is InChI=1S/C9H16/c1-6-7-8(2)9(3,4)5/h6-7H,2H2,1,3-5H3/b7-6-. The summed E-state index contributed by atoms with van der Waals surface area (Å²) in [6.45, 7) is 12.4. The summed E-state index contributed by atoms with van der Waals surface area (Å²) in [7, 11) is 0. The topological polar surface area (TPSA) is 0 Å². The largest absolute Gasteiger partial charge is 0.0953 e. The zero-order valence-electron chi connectivity index (χ0n) is 6.86. The Kier molecular flexibility index (Phi) is 2.69. The second-order valence-corrected chi connectivity index (χ2v) is 3.28. The van der Waals surface area contributed by atoms with Gasteiger partial charge in [-0.05, 0) is 12.3 Å². The molecule has 0 heterocycles. The van der Waals surface area contributed by atoms with Crippen molar-refractivity contribution in [3.05, 3.63) is 24.3 Å². The molecule has 0 heteroatoms. The Morgan fingerprint density at radius 2 is 1.78 bits per heavy atom. The van der Waals surface area contributed by atoms with Crippen molar-refractivity contribution >= 4 is 0 Å². The van der Waals surface area contributed by atoms with E-state index < -0.39 is 0 Å². The molecule has 0 N–H and O–H groups in total. The maximum Gasteiger partial charge on any atom is -0.0138 e. The number of allylic oxidation sites excluding steroid dienone is 3. The zero-order valence-corrected chi connectivity index (χ0v) is 6.86. The van der Waals surface area contributed by atoms with Gasteiger partial charge in [-0.1, -0.05) is 45.1 Å². The highest BCUT2D eigenvalue weighted by Crippen LogP contribution is 2.23. The van der Waals surface area contributed by atoms with Crippen LogP contribution in [-0.2, 0) is 0 Å². The summed E-state index contributed by atoms with van der Waals surface area (Å²) in [6.07, 6.45) is 4.08. The Morgan fingerprint density at radius 1 is 1.33 bits per heavy atom. The van der Waals surface area contributed by atoms with Gasteiger partial charge in [0.05, 0.1) is 0 Å². The number of rotatable bonds is 1. The summed E-state index contributed by atoms with van der Waals surface area (Å²) >= 11 is 0. The smallest absolute Gasteiger partial charge is 0.0138 e. The molecule has 9 heavy (non-hydrogen) atoms. The first-order chi connectivity index (χ1) is 3.98. The molecule has 0 bridgehead atoms. The highest BCUT2D eigenvalue weighted by atomic mass is 14.2. The highest BCUT2D eigenvalue weighted by Gasteiger charge is 2.10. The van der Waals surface area contributed by atoms with Crippen molar-refractivity contribution in [1.82, 2.24) is 0 Å². The molecular weight excluding hydrogens is 108 g/mol. The van der Waals surface area contributed by atoms with E-state index in [2.05, 4.69) is 33.4 Å². The van der Waals surface area contributed by atoms with Gasteiger partial charge in [0.25, 0.3) is 0 Å². The Hall–Kier alpha value is -0.520. The average Bonchev–Trinajstić information content (AvgIpc) is 1.64. The molecule has 0 aromatic carbocycles. The predicted octanol–water partition coefficient (Wildman–Crippen LogP) is 3.16. The first-order valence-corrected chi connectivity index (χ1v) is 3.30. The van der Waals surface area contributed by atoms with E-state index in [-0.39, 0.29) is 5.41 Å². The van der Waals surface area contributed by atoms with Crippen LogP contribution in [-0.4, -0.2) is 0 Å². The molecule has 0 aliphatic rings. The van der Waals surface area contributed by atoms with Gasteiger partial charge >= 0.3 is 0 Å². The molecule has 0 spiro atoms. The number of hydrogen-bond donors (Lipinski definition) is 0. The molecule has 0 aliphatic carbocycles. The molecule has 0 unspecified atom stereocenters. The third-order valence-electron chi connectivity index (χ3n) is 1.33. The van der Waals surface area contributed by atoms with E-state index in [4.69, 9.17) is 0 Å². The lowest BCUT2D eigenvalue weighted by atomic mass is 9.87. The van der Waals surface area contributed by atoms with Gasteiger partial charge in [-0.25, -0.2) is 0 Å². The molecule has 0 saturated heterocycles. The maximum absolute atomic E-state index is 3.93. The van der Waals surface area contributed by atoms with Crippen molar-refractivity contribution in [2.24, 2.45) is 5.41 Å². The minimum Gasteiger partial charge on any atom is -0.0953 e. The van der Waals surface area contributed by atoms with Crippen LogP contribution in [0.15, 0.2) is 24.3 Å². The fraction of sp³-hybridized carbons (Fsp3) is 0.556. The van der Waals surface area contributed by atoms with Gasteiger partial charge in [0.15, 0.2) is 0 Å². The zero-order chi connectivity index (χ0) is 7.49. The van der Waals surface area contributed by atoms with Crippen LogP contribution in [0.4, 0.5) is 0 Å².